The van der Waals surface area contributed by atoms with Crippen LogP contribution >= 0.6 is 0 Å². The van der Waals surface area contributed by atoms with E-state index >= 15 is 0 Å². The van der Waals surface area contributed by atoms with Gasteiger partial charge in [-0.15, -0.1) is 0 Å². The second-order valence-corrected chi connectivity index (χ2v) is 5.52. The van der Waals surface area contributed by atoms with E-state index in [2.05, 4.69) is 11.9 Å². The largest absolute Gasteiger partial charge is 0.497 e. The van der Waals surface area contributed by atoms with Crippen molar-refractivity contribution in [2.75, 3.05) is 13.7 Å². The van der Waals surface area contributed by atoms with Crippen molar-refractivity contribution >= 4 is 11.9 Å². The number of aromatic carboxylic acids is 1. The van der Waals surface area contributed by atoms with E-state index in [4.69, 9.17) is 9.84 Å². The molecule has 1 fully saturated rings. The smallest absolute Gasteiger partial charge is 0.354 e. The Balaban J connectivity index is 2.30. The molecule has 1 saturated heterocycles. The van der Waals surface area contributed by atoms with Crippen molar-refractivity contribution < 1.29 is 19.4 Å². The molecular weight excluding hydrogens is 284 g/mol. The molecule has 1 N–H and O–H groups in total. The highest BCUT2D eigenvalue weighted by Crippen LogP contribution is 2.24. The van der Waals surface area contributed by atoms with Gasteiger partial charge in [0, 0.05) is 24.7 Å². The van der Waals surface area contributed by atoms with E-state index in [0.717, 1.165) is 32.1 Å². The fourth-order valence-electron chi connectivity index (χ4n) is 2.89. The molecule has 120 valence electrons. The first kappa shape index (κ1) is 16.3. The predicted molar refractivity (Wildman–Crippen MR) is 81.3 cm³/mol. The monoisotopic (exact) mass is 306 g/mol. The maximum Gasteiger partial charge on any atom is 0.354 e. The number of ether oxygens (including phenoxy) is 1. The molecule has 0 aromatic carbocycles. The molecule has 1 aliphatic rings. The van der Waals surface area contributed by atoms with Crippen molar-refractivity contribution in [2.24, 2.45) is 0 Å². The third kappa shape index (κ3) is 3.55. The van der Waals surface area contributed by atoms with Crippen LogP contribution in [0.3, 0.4) is 0 Å². The van der Waals surface area contributed by atoms with Crippen molar-refractivity contribution in [1.82, 2.24) is 9.88 Å². The Kier molecular flexibility index (Phi) is 5.35. The maximum atomic E-state index is 12.7. The number of carboxylic acids is 1. The van der Waals surface area contributed by atoms with E-state index in [1.165, 1.54) is 19.2 Å². The number of hydrogen-bond acceptors (Lipinski definition) is 4. The number of rotatable bonds is 5. The summed E-state index contributed by atoms with van der Waals surface area (Å²) in [5.74, 6) is -1.05. The van der Waals surface area contributed by atoms with Gasteiger partial charge in [0.2, 0.25) is 0 Å². The molecule has 22 heavy (non-hydrogen) atoms. The predicted octanol–water partition coefficient (Wildman–Crippen LogP) is 2.58. The van der Waals surface area contributed by atoms with E-state index in [1.807, 2.05) is 4.90 Å². The minimum Gasteiger partial charge on any atom is -0.497 e. The second kappa shape index (κ2) is 7.24. The van der Waals surface area contributed by atoms with E-state index in [0.29, 0.717) is 12.3 Å². The number of likely N-dealkylation sites (tertiary alicyclic amines) is 1. The Bertz CT molecular complexity index is 557. The minimum absolute atomic E-state index is 0.139. The molecule has 2 rings (SSSR count). The molecule has 0 saturated carbocycles. The van der Waals surface area contributed by atoms with Crippen LogP contribution in [-0.4, -0.2) is 46.6 Å². The zero-order chi connectivity index (χ0) is 16.1. The highest BCUT2D eigenvalue weighted by atomic mass is 16.5. The number of amides is 1. The molecule has 1 aromatic heterocycles. The van der Waals surface area contributed by atoms with E-state index < -0.39 is 5.97 Å². The molecule has 1 aromatic rings. The highest BCUT2D eigenvalue weighted by Gasteiger charge is 2.28. The van der Waals surface area contributed by atoms with Crippen molar-refractivity contribution in [3.63, 3.8) is 0 Å². The number of carbonyl (C=O) groups excluding carboxylic acids is 1. The van der Waals surface area contributed by atoms with Gasteiger partial charge in [-0.1, -0.05) is 13.3 Å². The zero-order valence-electron chi connectivity index (χ0n) is 13.0. The summed E-state index contributed by atoms with van der Waals surface area (Å²) in [6.07, 6.45) is 5.07. The lowest BCUT2D eigenvalue weighted by Crippen LogP contribution is -2.44. The molecule has 6 heteroatoms. The van der Waals surface area contributed by atoms with E-state index in [9.17, 15) is 9.59 Å². The zero-order valence-corrected chi connectivity index (χ0v) is 13.0. The first-order valence-corrected chi connectivity index (χ1v) is 7.67. The highest BCUT2D eigenvalue weighted by molar-refractivity contribution is 5.95. The van der Waals surface area contributed by atoms with Crippen LogP contribution in [-0.2, 0) is 0 Å². The number of pyridine rings is 1. The van der Waals surface area contributed by atoms with Crippen molar-refractivity contribution in [3.8, 4) is 5.75 Å². The van der Waals surface area contributed by atoms with Gasteiger partial charge in [0.05, 0.1) is 7.11 Å². The molecule has 2 heterocycles. The van der Waals surface area contributed by atoms with Crippen molar-refractivity contribution in [1.29, 1.82) is 0 Å². The maximum absolute atomic E-state index is 12.7. The normalized spacial score (nSPS) is 18.1. The molecule has 0 bridgehead atoms. The van der Waals surface area contributed by atoms with Crippen LogP contribution in [0.15, 0.2) is 12.1 Å². The van der Waals surface area contributed by atoms with Gasteiger partial charge in [0.15, 0.2) is 5.69 Å². The summed E-state index contributed by atoms with van der Waals surface area (Å²) in [4.78, 5) is 29.7. The third-order valence-corrected chi connectivity index (χ3v) is 3.98. The summed E-state index contributed by atoms with van der Waals surface area (Å²) in [7, 11) is 1.44. The number of nitrogens with zero attached hydrogens (tertiary/aromatic N) is 2. The lowest BCUT2D eigenvalue weighted by molar-refractivity contribution is 0.0593. The summed E-state index contributed by atoms with van der Waals surface area (Å²) >= 11 is 0. The number of piperidine rings is 1. The lowest BCUT2D eigenvalue weighted by atomic mass is 9.98. The SMILES string of the molecule is CCCC1CCCCN1C(=O)c1cc(OC)cc(C(=O)O)n1. The molecule has 6 nitrogen and oxygen atoms in total. The fraction of sp³-hybridized carbons (Fsp3) is 0.562. The van der Waals surface area contributed by atoms with Gasteiger partial charge in [-0.3, -0.25) is 4.79 Å². The minimum atomic E-state index is -1.17. The molecule has 1 aliphatic heterocycles. The topological polar surface area (TPSA) is 79.7 Å². The number of carbonyl (C=O) groups is 2. The average molecular weight is 306 g/mol. The number of methoxy groups -OCH3 is 1. The van der Waals surface area contributed by atoms with Gasteiger partial charge in [0.25, 0.3) is 5.91 Å². The van der Waals surface area contributed by atoms with Gasteiger partial charge in [0.1, 0.15) is 11.4 Å². The summed E-state index contributed by atoms with van der Waals surface area (Å²) in [6.45, 7) is 2.80. The fourth-order valence-corrected chi connectivity index (χ4v) is 2.89. The summed E-state index contributed by atoms with van der Waals surface area (Å²) in [5.41, 5.74) is -0.0356. The van der Waals surface area contributed by atoms with E-state index in [1.54, 1.807) is 0 Å². The van der Waals surface area contributed by atoms with Gasteiger partial charge in [-0.2, -0.15) is 0 Å². The Morgan fingerprint density at radius 3 is 2.73 bits per heavy atom. The van der Waals surface area contributed by atoms with Gasteiger partial charge < -0.3 is 14.7 Å². The van der Waals surface area contributed by atoms with Crippen LogP contribution < -0.4 is 4.74 Å². The molecule has 1 amide bonds. The van der Waals surface area contributed by atoms with Crippen LogP contribution in [0.5, 0.6) is 5.75 Å². The van der Waals surface area contributed by atoms with E-state index in [-0.39, 0.29) is 23.3 Å². The van der Waals surface area contributed by atoms with Gasteiger partial charge in [-0.05, 0) is 25.7 Å². The molecule has 1 unspecified atom stereocenters. The standard InChI is InChI=1S/C16H22N2O4/c1-3-6-11-7-4-5-8-18(11)15(19)13-9-12(22-2)10-14(17-13)16(20)21/h9-11H,3-8H2,1-2H3,(H,20,21). The molecule has 0 aliphatic carbocycles. The van der Waals surface area contributed by atoms with Crippen molar-refractivity contribution in [2.45, 2.75) is 45.1 Å². The summed E-state index contributed by atoms with van der Waals surface area (Å²) in [6, 6.07) is 3.04. The average Bonchev–Trinajstić information content (AvgIpc) is 2.54. The Labute approximate surface area is 130 Å². The molecule has 0 radical (unpaired) electrons. The van der Waals surface area contributed by atoms with Crippen molar-refractivity contribution in [3.05, 3.63) is 23.5 Å². The first-order chi connectivity index (χ1) is 10.6. The molecule has 0 spiro atoms. The van der Waals surface area contributed by atoms with Crippen LogP contribution in [0.4, 0.5) is 0 Å². The summed E-state index contributed by atoms with van der Waals surface area (Å²) in [5, 5.41) is 9.11. The number of hydrogen-bond donors (Lipinski definition) is 1. The molecular formula is C16H22N2O4. The lowest BCUT2D eigenvalue weighted by Gasteiger charge is -2.35. The molecule has 1 atom stereocenters. The second-order valence-electron chi connectivity index (χ2n) is 5.52. The Morgan fingerprint density at radius 2 is 2.09 bits per heavy atom. The third-order valence-electron chi connectivity index (χ3n) is 3.98. The van der Waals surface area contributed by atoms with Gasteiger partial charge in [-0.25, -0.2) is 9.78 Å². The van der Waals surface area contributed by atoms with Crippen LogP contribution in [0.2, 0.25) is 0 Å². The number of aromatic nitrogens is 1. The Morgan fingerprint density at radius 1 is 1.36 bits per heavy atom. The number of carboxylic acid groups (broad SMARTS) is 1. The summed E-state index contributed by atoms with van der Waals surface area (Å²) < 4.78 is 5.08. The van der Waals surface area contributed by atoms with Crippen LogP contribution in [0.1, 0.15) is 60.0 Å². The van der Waals surface area contributed by atoms with Crippen LogP contribution in [0, 0.1) is 0 Å². The van der Waals surface area contributed by atoms with Crippen LogP contribution in [0.25, 0.3) is 0 Å². The first-order valence-electron chi connectivity index (χ1n) is 7.67. The Hall–Kier alpha value is -2.11. The van der Waals surface area contributed by atoms with Gasteiger partial charge >= 0.3 is 5.97 Å². The quantitative estimate of drug-likeness (QED) is 0.904.